The van der Waals surface area contributed by atoms with Gasteiger partial charge < -0.3 is 10.6 Å². The summed E-state index contributed by atoms with van der Waals surface area (Å²) in [6, 6.07) is 6.05. The van der Waals surface area contributed by atoms with Gasteiger partial charge in [0.15, 0.2) is 5.11 Å². The number of carbonyl (C=O) groups is 1. The van der Waals surface area contributed by atoms with E-state index in [1.807, 2.05) is 13.8 Å². The maximum atomic E-state index is 11.9. The van der Waals surface area contributed by atoms with E-state index < -0.39 is 10.0 Å². The average Bonchev–Trinajstić information content (AvgIpc) is 2.44. The first-order chi connectivity index (χ1) is 10.7. The fourth-order valence-electron chi connectivity index (χ4n) is 1.68. The molecule has 0 saturated carbocycles. The summed E-state index contributed by atoms with van der Waals surface area (Å²) in [6.45, 7) is 7.50. The number of carbonyl (C=O) groups excluding carboxylic acids is 1. The lowest BCUT2D eigenvalue weighted by atomic mass is 10.1. The zero-order valence-electron chi connectivity index (χ0n) is 13.1. The van der Waals surface area contributed by atoms with Crippen LogP contribution in [0.1, 0.15) is 20.3 Å². The maximum Gasteiger partial charge on any atom is 0.240 e. The van der Waals surface area contributed by atoms with Crippen molar-refractivity contribution in [1.29, 1.82) is 0 Å². The van der Waals surface area contributed by atoms with Gasteiger partial charge in [-0.3, -0.25) is 4.79 Å². The molecule has 1 aromatic carbocycles. The third-order valence-corrected chi connectivity index (χ3v) is 4.33. The first-order valence-electron chi connectivity index (χ1n) is 7.06. The zero-order valence-corrected chi connectivity index (χ0v) is 14.8. The van der Waals surface area contributed by atoms with E-state index in [1.54, 1.807) is 12.1 Å². The molecule has 1 rings (SSSR count). The van der Waals surface area contributed by atoms with Crippen LogP contribution in [0.4, 0.5) is 5.69 Å². The van der Waals surface area contributed by atoms with Gasteiger partial charge in [-0.2, -0.15) is 0 Å². The number of rotatable bonds is 7. The molecule has 1 amide bonds. The molecule has 0 fully saturated rings. The summed E-state index contributed by atoms with van der Waals surface area (Å²) in [6.07, 6.45) is 1.85. The van der Waals surface area contributed by atoms with Crippen molar-refractivity contribution in [3.63, 3.8) is 0 Å². The zero-order chi connectivity index (χ0) is 17.5. The van der Waals surface area contributed by atoms with Crippen LogP contribution in [0.15, 0.2) is 41.8 Å². The monoisotopic (exact) mass is 355 g/mol. The minimum atomic E-state index is -3.55. The number of hydrogen-bond donors (Lipinski definition) is 3. The van der Waals surface area contributed by atoms with Crippen LogP contribution in [0.3, 0.4) is 0 Å². The topological polar surface area (TPSA) is 87.3 Å². The molecule has 126 valence electrons. The number of anilines is 1. The Bertz CT molecular complexity index is 668. The van der Waals surface area contributed by atoms with Gasteiger partial charge in [-0.15, -0.1) is 6.58 Å². The van der Waals surface area contributed by atoms with Crippen molar-refractivity contribution in [1.82, 2.24) is 10.0 Å². The van der Waals surface area contributed by atoms with E-state index in [2.05, 4.69) is 21.9 Å². The van der Waals surface area contributed by atoms with E-state index in [-0.39, 0.29) is 28.4 Å². The summed E-state index contributed by atoms with van der Waals surface area (Å²) in [5, 5.41) is 5.59. The van der Waals surface area contributed by atoms with Gasteiger partial charge in [0.1, 0.15) is 0 Å². The predicted molar refractivity (Wildman–Crippen MR) is 95.6 cm³/mol. The molecule has 0 atom stereocenters. The van der Waals surface area contributed by atoms with Crippen LogP contribution in [0.5, 0.6) is 0 Å². The molecule has 0 aliphatic carbocycles. The Balaban J connectivity index is 2.65. The first-order valence-corrected chi connectivity index (χ1v) is 8.95. The van der Waals surface area contributed by atoms with Crippen LogP contribution >= 0.6 is 12.2 Å². The van der Waals surface area contributed by atoms with Gasteiger partial charge in [-0.25, -0.2) is 13.1 Å². The van der Waals surface area contributed by atoms with E-state index >= 15 is 0 Å². The standard InChI is InChI=1S/C15H21N3O3S2/c1-4-9-16-23(20,21)13-7-5-12(6-8-13)17-15(22)18-14(19)10-11(2)3/h4-8,11,16H,1,9-10H2,2-3H3,(H2,17,18,19,22). The van der Waals surface area contributed by atoms with E-state index in [0.717, 1.165) is 0 Å². The Morgan fingerprint density at radius 2 is 1.91 bits per heavy atom. The van der Waals surface area contributed by atoms with Crippen molar-refractivity contribution in [2.45, 2.75) is 25.2 Å². The molecule has 1 aromatic rings. The number of amides is 1. The van der Waals surface area contributed by atoms with Crippen molar-refractivity contribution in [2.24, 2.45) is 5.92 Å². The molecule has 0 aliphatic heterocycles. The Morgan fingerprint density at radius 3 is 2.43 bits per heavy atom. The summed E-state index contributed by atoms with van der Waals surface area (Å²) in [5.74, 6) is 0.0793. The lowest BCUT2D eigenvalue weighted by Crippen LogP contribution is -2.34. The molecule has 0 bridgehead atoms. The van der Waals surface area contributed by atoms with Gasteiger partial charge in [0.2, 0.25) is 15.9 Å². The SMILES string of the molecule is C=CCNS(=O)(=O)c1ccc(NC(=S)NC(=O)CC(C)C)cc1. The number of hydrogen-bond acceptors (Lipinski definition) is 4. The molecule has 0 aliphatic rings. The number of thiocarbonyl (C=S) groups is 1. The molecule has 0 radical (unpaired) electrons. The highest BCUT2D eigenvalue weighted by Crippen LogP contribution is 2.14. The fourth-order valence-corrected chi connectivity index (χ4v) is 2.91. The van der Waals surface area contributed by atoms with Gasteiger partial charge in [-0.1, -0.05) is 19.9 Å². The van der Waals surface area contributed by atoms with Gasteiger partial charge in [-0.05, 0) is 42.4 Å². The summed E-state index contributed by atoms with van der Waals surface area (Å²) >= 11 is 5.04. The Labute approximate surface area is 142 Å². The highest BCUT2D eigenvalue weighted by molar-refractivity contribution is 7.89. The lowest BCUT2D eigenvalue weighted by molar-refractivity contribution is -0.120. The molecular weight excluding hydrogens is 334 g/mol. The Kier molecular flexibility index (Phi) is 7.34. The second-order valence-electron chi connectivity index (χ2n) is 5.27. The molecule has 0 saturated heterocycles. The molecule has 23 heavy (non-hydrogen) atoms. The fraction of sp³-hybridized carbons (Fsp3) is 0.333. The van der Waals surface area contributed by atoms with Crippen molar-refractivity contribution in [3.05, 3.63) is 36.9 Å². The normalized spacial score (nSPS) is 11.1. The van der Waals surface area contributed by atoms with Crippen LogP contribution in [-0.4, -0.2) is 26.0 Å². The van der Waals surface area contributed by atoms with Crippen LogP contribution in [-0.2, 0) is 14.8 Å². The second kappa shape index (κ2) is 8.76. The maximum absolute atomic E-state index is 11.9. The molecule has 0 spiro atoms. The van der Waals surface area contributed by atoms with Gasteiger partial charge in [0.25, 0.3) is 0 Å². The molecule has 0 heterocycles. The highest BCUT2D eigenvalue weighted by atomic mass is 32.2. The molecule has 8 heteroatoms. The molecular formula is C15H21N3O3S2. The van der Waals surface area contributed by atoms with Crippen molar-refractivity contribution < 1.29 is 13.2 Å². The molecule has 3 N–H and O–H groups in total. The van der Waals surface area contributed by atoms with Crippen LogP contribution < -0.4 is 15.4 Å². The van der Waals surface area contributed by atoms with Crippen LogP contribution in [0.2, 0.25) is 0 Å². The third kappa shape index (κ3) is 6.89. The molecule has 0 unspecified atom stereocenters. The lowest BCUT2D eigenvalue weighted by Gasteiger charge is -2.11. The van der Waals surface area contributed by atoms with Crippen LogP contribution in [0, 0.1) is 5.92 Å². The van der Waals surface area contributed by atoms with Gasteiger partial charge in [0, 0.05) is 18.7 Å². The van der Waals surface area contributed by atoms with Crippen molar-refractivity contribution in [2.75, 3.05) is 11.9 Å². The predicted octanol–water partition coefficient (Wildman–Crippen LogP) is 2.01. The quantitative estimate of drug-likeness (QED) is 0.514. The third-order valence-electron chi connectivity index (χ3n) is 2.69. The van der Waals surface area contributed by atoms with Gasteiger partial charge in [0.05, 0.1) is 4.90 Å². The highest BCUT2D eigenvalue weighted by Gasteiger charge is 2.12. The van der Waals surface area contributed by atoms with Crippen molar-refractivity contribution in [3.8, 4) is 0 Å². The summed E-state index contributed by atoms with van der Waals surface area (Å²) in [5.41, 5.74) is 0.586. The minimum absolute atomic E-state index is 0.139. The van der Waals surface area contributed by atoms with E-state index in [9.17, 15) is 13.2 Å². The van der Waals surface area contributed by atoms with E-state index in [0.29, 0.717) is 12.1 Å². The Morgan fingerprint density at radius 1 is 1.30 bits per heavy atom. The average molecular weight is 355 g/mol. The smallest absolute Gasteiger partial charge is 0.240 e. The molecule has 0 aromatic heterocycles. The number of sulfonamides is 1. The first kappa shape index (κ1) is 19.3. The summed E-state index contributed by atoms with van der Waals surface area (Å²) < 4.78 is 26.2. The van der Waals surface area contributed by atoms with E-state index in [4.69, 9.17) is 12.2 Å². The number of benzene rings is 1. The van der Waals surface area contributed by atoms with E-state index in [1.165, 1.54) is 18.2 Å². The van der Waals surface area contributed by atoms with Crippen LogP contribution in [0.25, 0.3) is 0 Å². The van der Waals surface area contributed by atoms with Crippen molar-refractivity contribution >= 4 is 38.9 Å². The molecule has 6 nitrogen and oxygen atoms in total. The Hall–Kier alpha value is -1.77. The van der Waals surface area contributed by atoms with Gasteiger partial charge >= 0.3 is 0 Å². The largest absolute Gasteiger partial charge is 0.332 e. The summed E-state index contributed by atoms with van der Waals surface area (Å²) in [7, 11) is -3.55. The number of nitrogens with one attached hydrogen (secondary N) is 3. The summed E-state index contributed by atoms with van der Waals surface area (Å²) in [4.78, 5) is 11.7. The second-order valence-corrected chi connectivity index (χ2v) is 7.44. The minimum Gasteiger partial charge on any atom is -0.332 e.